The van der Waals surface area contributed by atoms with Crippen LogP contribution in [-0.4, -0.2) is 11.6 Å². The van der Waals surface area contributed by atoms with Crippen molar-refractivity contribution in [3.63, 3.8) is 0 Å². The number of fused-ring (bicyclic) bond motifs is 1. The largest absolute Gasteiger partial charge is 0.432 e. The van der Waals surface area contributed by atoms with E-state index in [4.69, 9.17) is 16.0 Å². The Labute approximate surface area is 127 Å². The molecule has 4 nitrogen and oxygen atoms in total. The molecule has 1 heterocycles. The Hall–Kier alpha value is -2.47. The summed E-state index contributed by atoms with van der Waals surface area (Å²) in [6.45, 7) is -3.06. The molecule has 22 heavy (non-hydrogen) atoms. The summed E-state index contributed by atoms with van der Waals surface area (Å²) >= 11 is 5.88. The van der Waals surface area contributed by atoms with Gasteiger partial charge in [-0.15, -0.1) is 0 Å². The summed E-state index contributed by atoms with van der Waals surface area (Å²) in [7, 11) is 0. The normalized spacial score (nSPS) is 11.1. The van der Waals surface area contributed by atoms with Gasteiger partial charge in [0.2, 0.25) is 5.89 Å². The molecule has 0 spiro atoms. The van der Waals surface area contributed by atoms with Crippen molar-refractivity contribution in [2.45, 2.75) is 6.61 Å². The van der Waals surface area contributed by atoms with Crippen LogP contribution in [0.25, 0.3) is 22.4 Å². The number of aromatic nitrogens is 1. The van der Waals surface area contributed by atoms with Crippen molar-refractivity contribution < 1.29 is 17.9 Å². The maximum atomic E-state index is 12.5. The molecule has 0 aliphatic rings. The van der Waals surface area contributed by atoms with Gasteiger partial charge in [-0.3, -0.25) is 0 Å². The van der Waals surface area contributed by atoms with Gasteiger partial charge in [-0.1, -0.05) is 29.8 Å². The number of hydrogen-bond acceptors (Lipinski definition) is 4. The van der Waals surface area contributed by atoms with E-state index < -0.39 is 12.2 Å². The fourth-order valence-corrected chi connectivity index (χ4v) is 2.24. The van der Waals surface area contributed by atoms with Crippen LogP contribution in [0.15, 0.2) is 51.7 Å². The first-order chi connectivity index (χ1) is 10.6. The number of halogens is 3. The van der Waals surface area contributed by atoms with E-state index in [1.165, 1.54) is 18.2 Å². The number of ether oxygens (including phenoxy) is 1. The fraction of sp³-hybridized carbons (Fsp3) is 0.0667. The predicted molar refractivity (Wildman–Crippen MR) is 77.4 cm³/mol. The number of nitrogens with zero attached hydrogens (tertiary/aromatic N) is 1. The van der Waals surface area contributed by atoms with Crippen LogP contribution in [0.2, 0.25) is 5.02 Å². The summed E-state index contributed by atoms with van der Waals surface area (Å²) < 4.78 is 34.6. The van der Waals surface area contributed by atoms with Crippen molar-refractivity contribution in [1.29, 1.82) is 0 Å². The van der Waals surface area contributed by atoms with Gasteiger partial charge in [-0.05, 0) is 24.3 Å². The Morgan fingerprint density at radius 2 is 1.91 bits per heavy atom. The lowest BCUT2D eigenvalue weighted by atomic mass is 10.2. The van der Waals surface area contributed by atoms with Gasteiger partial charge in [0.05, 0.1) is 21.5 Å². The maximum Gasteiger partial charge on any atom is 0.387 e. The average molecular weight is 324 g/mol. The highest BCUT2D eigenvalue weighted by Crippen LogP contribution is 2.36. The Morgan fingerprint density at radius 1 is 1.14 bits per heavy atom. The quantitative estimate of drug-likeness (QED) is 0.728. The Kier molecular flexibility index (Phi) is 3.77. The third-order valence-corrected chi connectivity index (χ3v) is 3.24. The van der Waals surface area contributed by atoms with Crippen molar-refractivity contribution >= 4 is 22.5 Å². The molecule has 0 aliphatic carbocycles. The molecular weight excluding hydrogens is 316 g/mol. The van der Waals surface area contributed by atoms with Crippen LogP contribution >= 0.6 is 11.6 Å². The highest BCUT2D eigenvalue weighted by molar-refractivity contribution is 6.32. The zero-order valence-electron chi connectivity index (χ0n) is 10.9. The maximum absolute atomic E-state index is 12.5. The smallest absolute Gasteiger partial charge is 0.387 e. The van der Waals surface area contributed by atoms with Crippen LogP contribution in [0.3, 0.4) is 0 Å². The molecule has 7 heteroatoms. The van der Waals surface area contributed by atoms with Crippen molar-refractivity contribution in [1.82, 2.24) is 4.98 Å². The zero-order chi connectivity index (χ0) is 15.7. The molecule has 0 amide bonds. The molecule has 0 saturated heterocycles. The number of alkyl halides is 2. The van der Waals surface area contributed by atoms with Crippen molar-refractivity contribution in [3.8, 4) is 17.2 Å². The Bertz CT molecular complexity index is 895. The molecular formula is C15H8ClF2NO3. The highest BCUT2D eigenvalue weighted by Gasteiger charge is 2.18. The summed E-state index contributed by atoms with van der Waals surface area (Å²) in [6.07, 6.45) is 0. The molecule has 0 saturated carbocycles. The highest BCUT2D eigenvalue weighted by atomic mass is 35.5. The molecule has 0 radical (unpaired) electrons. The van der Waals surface area contributed by atoms with Crippen LogP contribution in [0.1, 0.15) is 0 Å². The van der Waals surface area contributed by atoms with Crippen LogP contribution in [0, 0.1) is 0 Å². The molecule has 0 N–H and O–H groups in total. The first kappa shape index (κ1) is 14.5. The van der Waals surface area contributed by atoms with Gasteiger partial charge in [0, 0.05) is 0 Å². The molecule has 112 valence electrons. The summed E-state index contributed by atoms with van der Waals surface area (Å²) in [6, 6.07) is 10.9. The summed E-state index contributed by atoms with van der Waals surface area (Å²) in [4.78, 5) is 16.1. The van der Waals surface area contributed by atoms with Gasteiger partial charge in [0.25, 0.3) is 0 Å². The number of rotatable bonds is 3. The fourth-order valence-electron chi connectivity index (χ4n) is 2.02. The molecule has 2 aromatic carbocycles. The van der Waals surface area contributed by atoms with E-state index in [9.17, 15) is 13.6 Å². The third-order valence-electron chi connectivity index (χ3n) is 2.94. The van der Waals surface area contributed by atoms with E-state index in [0.29, 0.717) is 10.9 Å². The van der Waals surface area contributed by atoms with Crippen molar-refractivity contribution in [2.75, 3.05) is 0 Å². The van der Waals surface area contributed by atoms with E-state index in [1.54, 1.807) is 24.3 Å². The summed E-state index contributed by atoms with van der Waals surface area (Å²) in [5.41, 5.74) is -0.157. The van der Waals surface area contributed by atoms with Crippen LogP contribution < -0.4 is 10.4 Å². The molecule has 0 aliphatic heterocycles. The second-order valence-electron chi connectivity index (χ2n) is 4.32. The van der Waals surface area contributed by atoms with Crippen LogP contribution in [-0.2, 0) is 0 Å². The van der Waals surface area contributed by atoms with Gasteiger partial charge in [0.1, 0.15) is 0 Å². The molecule has 3 rings (SSSR count). The van der Waals surface area contributed by atoms with E-state index in [-0.39, 0.29) is 22.2 Å². The first-order valence-electron chi connectivity index (χ1n) is 6.20. The van der Waals surface area contributed by atoms with Crippen LogP contribution in [0.5, 0.6) is 5.75 Å². The topological polar surface area (TPSA) is 52.3 Å². The van der Waals surface area contributed by atoms with E-state index in [2.05, 4.69) is 9.72 Å². The van der Waals surface area contributed by atoms with Gasteiger partial charge < -0.3 is 9.15 Å². The van der Waals surface area contributed by atoms with Gasteiger partial charge in [-0.25, -0.2) is 9.78 Å². The minimum absolute atomic E-state index is 0.0320. The Balaban J connectivity index is 2.24. The molecule has 0 unspecified atom stereocenters. The number of benzene rings is 2. The van der Waals surface area contributed by atoms with Gasteiger partial charge in [0.15, 0.2) is 5.75 Å². The lowest BCUT2D eigenvalue weighted by molar-refractivity contribution is -0.0494. The minimum Gasteiger partial charge on any atom is -0.432 e. The standard InChI is InChI=1S/C15H8ClF2NO3/c16-10-6-3-5-9(12(10)21-15(17)18)13-19-11-7-2-1-4-8(11)14(20)22-13/h1-7,15H. The molecule has 0 bridgehead atoms. The lowest BCUT2D eigenvalue weighted by Crippen LogP contribution is -2.06. The molecule has 3 aromatic rings. The Morgan fingerprint density at radius 3 is 2.68 bits per heavy atom. The SMILES string of the molecule is O=c1oc(-c2cccc(Cl)c2OC(F)F)nc2ccccc12. The second kappa shape index (κ2) is 5.73. The van der Waals surface area contributed by atoms with Crippen molar-refractivity contribution in [3.05, 3.63) is 57.9 Å². The third kappa shape index (κ3) is 2.65. The summed E-state index contributed by atoms with van der Waals surface area (Å²) in [5, 5.41) is 0.264. The van der Waals surface area contributed by atoms with Crippen molar-refractivity contribution in [2.24, 2.45) is 0 Å². The van der Waals surface area contributed by atoms with Gasteiger partial charge in [-0.2, -0.15) is 8.78 Å². The van der Waals surface area contributed by atoms with E-state index in [0.717, 1.165) is 0 Å². The number of para-hydroxylation sites is 2. The molecule has 0 fully saturated rings. The lowest BCUT2D eigenvalue weighted by Gasteiger charge is -2.11. The second-order valence-corrected chi connectivity index (χ2v) is 4.73. The first-order valence-corrected chi connectivity index (χ1v) is 6.57. The van der Waals surface area contributed by atoms with E-state index >= 15 is 0 Å². The van der Waals surface area contributed by atoms with Crippen LogP contribution in [0.4, 0.5) is 8.78 Å². The van der Waals surface area contributed by atoms with Gasteiger partial charge >= 0.3 is 12.2 Å². The average Bonchev–Trinajstić information content (AvgIpc) is 2.49. The molecule has 0 atom stereocenters. The minimum atomic E-state index is -3.06. The molecule has 1 aromatic heterocycles. The zero-order valence-corrected chi connectivity index (χ0v) is 11.7. The van der Waals surface area contributed by atoms with E-state index in [1.807, 2.05) is 0 Å². The monoisotopic (exact) mass is 323 g/mol. The predicted octanol–water partition coefficient (Wildman–Crippen LogP) is 4.11. The number of hydrogen-bond donors (Lipinski definition) is 0. The summed E-state index contributed by atoms with van der Waals surface area (Å²) in [5.74, 6) is -0.424.